The number of aryl methyl sites for hydroxylation is 1. The summed E-state index contributed by atoms with van der Waals surface area (Å²) in [6.45, 7) is 0. The van der Waals surface area contributed by atoms with Crippen LogP contribution in [0.3, 0.4) is 0 Å². The average molecular weight is 311 g/mol. The number of hydrogen-bond donors (Lipinski definition) is 0. The lowest BCUT2D eigenvalue weighted by molar-refractivity contribution is 0.168. The maximum atomic E-state index is 15.5. The van der Waals surface area contributed by atoms with E-state index in [1.165, 1.54) is 6.33 Å². The van der Waals surface area contributed by atoms with Crippen molar-refractivity contribution in [1.82, 2.24) is 19.7 Å². The Morgan fingerprint density at radius 1 is 1.44 bits per heavy atom. The summed E-state index contributed by atoms with van der Waals surface area (Å²) in [7, 11) is 1.76. The monoisotopic (exact) mass is 310 g/mol. The molecule has 0 radical (unpaired) electrons. The van der Waals surface area contributed by atoms with Gasteiger partial charge in [0.15, 0.2) is 11.5 Å². The summed E-state index contributed by atoms with van der Waals surface area (Å²) in [6, 6.07) is 1.76. The fraction of sp³-hybridized carbons (Fsp3) is 0.417. The Bertz CT molecular complexity index is 581. The second-order valence-corrected chi connectivity index (χ2v) is 5.56. The first-order valence-electron chi connectivity index (χ1n) is 5.77. The highest BCUT2D eigenvalue weighted by atomic mass is 79.9. The molecule has 2 aromatic heterocycles. The van der Waals surface area contributed by atoms with Crippen LogP contribution in [0.25, 0.3) is 0 Å². The summed E-state index contributed by atoms with van der Waals surface area (Å²) in [4.78, 5) is 4.06. The summed E-state index contributed by atoms with van der Waals surface area (Å²) in [6.07, 6.45) is 6.48. The molecule has 0 saturated heterocycles. The zero-order chi connectivity index (χ0) is 12.8. The first-order valence-corrected chi connectivity index (χ1v) is 6.56. The molecule has 0 aliphatic heterocycles. The van der Waals surface area contributed by atoms with Gasteiger partial charge in [-0.05, 0) is 34.8 Å². The van der Waals surface area contributed by atoms with Gasteiger partial charge in [0.25, 0.3) is 0 Å². The molecular formula is C12H12BrFN4. The van der Waals surface area contributed by atoms with Crippen LogP contribution >= 0.6 is 15.9 Å². The molecule has 6 heteroatoms. The zero-order valence-corrected chi connectivity index (χ0v) is 11.4. The summed E-state index contributed by atoms with van der Waals surface area (Å²) in [5.74, 6) is 0.321. The van der Waals surface area contributed by atoms with Crippen LogP contribution in [0.15, 0.2) is 29.3 Å². The van der Waals surface area contributed by atoms with Crippen molar-refractivity contribution in [3.8, 4) is 0 Å². The van der Waals surface area contributed by atoms with E-state index >= 15 is 4.39 Å². The lowest BCUT2D eigenvalue weighted by Gasteiger charge is -2.24. The standard InChI is InChI=1S/C12H12BrFN4/c1-18-7-16-17-11(18)12(14,8-2-3-8)9-4-10(13)6-15-5-9/h4-8H,2-3H2,1H3. The van der Waals surface area contributed by atoms with Crippen LogP contribution in [0, 0.1) is 5.92 Å². The van der Waals surface area contributed by atoms with Gasteiger partial charge < -0.3 is 4.57 Å². The Labute approximate surface area is 112 Å². The van der Waals surface area contributed by atoms with Gasteiger partial charge in [0.05, 0.1) is 0 Å². The van der Waals surface area contributed by atoms with E-state index in [2.05, 4.69) is 31.1 Å². The van der Waals surface area contributed by atoms with Gasteiger partial charge in [-0.15, -0.1) is 10.2 Å². The molecule has 0 amide bonds. The fourth-order valence-corrected chi connectivity index (χ4v) is 2.62. The number of halogens is 2. The average Bonchev–Trinajstić information content (AvgIpc) is 3.12. The smallest absolute Gasteiger partial charge is 0.199 e. The van der Waals surface area contributed by atoms with Gasteiger partial charge >= 0.3 is 0 Å². The molecule has 2 aromatic rings. The quantitative estimate of drug-likeness (QED) is 0.875. The van der Waals surface area contributed by atoms with E-state index in [1.807, 2.05) is 0 Å². The van der Waals surface area contributed by atoms with E-state index in [4.69, 9.17) is 0 Å². The van der Waals surface area contributed by atoms with Crippen LogP contribution in [0.2, 0.25) is 0 Å². The van der Waals surface area contributed by atoms with Crippen LogP contribution < -0.4 is 0 Å². The third kappa shape index (κ3) is 1.75. The number of rotatable bonds is 3. The molecular weight excluding hydrogens is 299 g/mol. The van der Waals surface area contributed by atoms with Crippen LogP contribution in [0.1, 0.15) is 24.2 Å². The lowest BCUT2D eigenvalue weighted by Crippen LogP contribution is -2.28. The zero-order valence-electron chi connectivity index (χ0n) is 9.85. The molecule has 0 spiro atoms. The van der Waals surface area contributed by atoms with Gasteiger partial charge in [-0.1, -0.05) is 0 Å². The van der Waals surface area contributed by atoms with Gasteiger partial charge in [-0.25, -0.2) is 4.39 Å². The number of aromatic nitrogens is 4. The number of alkyl halides is 1. The van der Waals surface area contributed by atoms with E-state index in [0.29, 0.717) is 11.4 Å². The minimum atomic E-state index is -1.60. The molecule has 1 aliphatic rings. The summed E-state index contributed by atoms with van der Waals surface area (Å²) in [5, 5.41) is 7.74. The fourth-order valence-electron chi connectivity index (χ4n) is 2.25. The molecule has 18 heavy (non-hydrogen) atoms. The van der Waals surface area contributed by atoms with Crippen molar-refractivity contribution in [2.75, 3.05) is 0 Å². The van der Waals surface area contributed by atoms with Gasteiger partial charge in [-0.3, -0.25) is 4.98 Å². The van der Waals surface area contributed by atoms with E-state index in [0.717, 1.165) is 17.3 Å². The molecule has 1 aliphatic carbocycles. The normalized spacial score (nSPS) is 18.6. The Kier molecular flexibility index (Phi) is 2.69. The topological polar surface area (TPSA) is 43.6 Å². The number of hydrogen-bond acceptors (Lipinski definition) is 3. The van der Waals surface area contributed by atoms with Crippen molar-refractivity contribution in [2.24, 2.45) is 13.0 Å². The van der Waals surface area contributed by atoms with E-state index < -0.39 is 5.67 Å². The first kappa shape index (κ1) is 11.8. The van der Waals surface area contributed by atoms with Crippen LogP contribution in [-0.2, 0) is 12.7 Å². The highest BCUT2D eigenvalue weighted by Gasteiger charge is 2.51. The molecule has 94 valence electrons. The van der Waals surface area contributed by atoms with Gasteiger partial charge in [-0.2, -0.15) is 0 Å². The SMILES string of the molecule is Cn1cnnc1C(F)(c1cncc(Br)c1)C1CC1. The van der Waals surface area contributed by atoms with Crippen molar-refractivity contribution >= 4 is 15.9 Å². The maximum Gasteiger partial charge on any atom is 0.199 e. The van der Waals surface area contributed by atoms with Gasteiger partial charge in [0.1, 0.15) is 6.33 Å². The minimum absolute atomic E-state index is 0.0310. The molecule has 0 N–H and O–H groups in total. The molecule has 1 unspecified atom stereocenters. The second kappa shape index (κ2) is 4.12. The molecule has 1 atom stereocenters. The Hall–Kier alpha value is -1.30. The highest BCUT2D eigenvalue weighted by Crippen LogP contribution is 2.51. The largest absolute Gasteiger partial charge is 0.318 e. The summed E-state index contributed by atoms with van der Waals surface area (Å²) < 4.78 is 17.9. The van der Waals surface area contributed by atoms with E-state index in [9.17, 15) is 0 Å². The van der Waals surface area contributed by atoms with Crippen molar-refractivity contribution in [2.45, 2.75) is 18.5 Å². The van der Waals surface area contributed by atoms with E-state index in [-0.39, 0.29) is 5.92 Å². The number of pyridine rings is 1. The molecule has 0 aromatic carbocycles. The maximum absolute atomic E-state index is 15.5. The van der Waals surface area contributed by atoms with Crippen LogP contribution in [-0.4, -0.2) is 19.7 Å². The van der Waals surface area contributed by atoms with Gasteiger partial charge in [0, 0.05) is 35.4 Å². The summed E-state index contributed by atoms with van der Waals surface area (Å²) in [5.41, 5.74) is -1.06. The molecule has 1 saturated carbocycles. The molecule has 4 nitrogen and oxygen atoms in total. The third-order valence-electron chi connectivity index (χ3n) is 3.30. The Morgan fingerprint density at radius 2 is 2.22 bits per heavy atom. The second-order valence-electron chi connectivity index (χ2n) is 4.64. The van der Waals surface area contributed by atoms with Crippen molar-refractivity contribution < 1.29 is 4.39 Å². The van der Waals surface area contributed by atoms with Crippen LogP contribution in [0.4, 0.5) is 4.39 Å². The van der Waals surface area contributed by atoms with Crippen molar-refractivity contribution in [3.05, 3.63) is 40.6 Å². The number of nitrogens with zero attached hydrogens (tertiary/aromatic N) is 4. The Balaban J connectivity index is 2.15. The van der Waals surface area contributed by atoms with Crippen molar-refractivity contribution in [3.63, 3.8) is 0 Å². The van der Waals surface area contributed by atoms with Gasteiger partial charge in [0.2, 0.25) is 0 Å². The third-order valence-corrected chi connectivity index (χ3v) is 3.74. The van der Waals surface area contributed by atoms with Crippen LogP contribution in [0.5, 0.6) is 0 Å². The molecule has 2 heterocycles. The lowest BCUT2D eigenvalue weighted by atomic mass is 9.91. The predicted octanol–water partition coefficient (Wildman–Crippen LogP) is 2.60. The molecule has 0 bridgehead atoms. The predicted molar refractivity (Wildman–Crippen MR) is 67.6 cm³/mol. The van der Waals surface area contributed by atoms with E-state index in [1.54, 1.807) is 30.1 Å². The molecule has 1 fully saturated rings. The first-order chi connectivity index (χ1) is 8.62. The molecule has 3 rings (SSSR count). The van der Waals surface area contributed by atoms with Crippen molar-refractivity contribution in [1.29, 1.82) is 0 Å². The summed E-state index contributed by atoms with van der Waals surface area (Å²) >= 11 is 3.33. The minimum Gasteiger partial charge on any atom is -0.318 e. The Morgan fingerprint density at radius 3 is 2.78 bits per heavy atom. The highest BCUT2D eigenvalue weighted by molar-refractivity contribution is 9.10.